The Hall–Kier alpha value is -1.30. The standard InChI is InChI=1S/C13H13BrN2O2/c1-17-13(18-2)11-7-8-15-12(16-11)9-3-5-10(14)6-4-9/h3-8,13H,1-2H3. The van der Waals surface area contributed by atoms with E-state index in [2.05, 4.69) is 25.9 Å². The summed E-state index contributed by atoms with van der Waals surface area (Å²) in [4.78, 5) is 8.69. The number of ether oxygens (including phenoxy) is 2. The molecule has 0 radical (unpaired) electrons. The van der Waals surface area contributed by atoms with Gasteiger partial charge in [-0.25, -0.2) is 9.97 Å². The van der Waals surface area contributed by atoms with Gasteiger partial charge in [-0.3, -0.25) is 0 Å². The molecule has 1 heterocycles. The van der Waals surface area contributed by atoms with Gasteiger partial charge in [0.05, 0.1) is 0 Å². The molecule has 5 heteroatoms. The molecule has 18 heavy (non-hydrogen) atoms. The van der Waals surface area contributed by atoms with E-state index in [0.717, 1.165) is 10.0 Å². The molecule has 0 spiro atoms. The molecule has 2 rings (SSSR count). The third-order valence-corrected chi connectivity index (χ3v) is 2.98. The van der Waals surface area contributed by atoms with Gasteiger partial charge in [0.25, 0.3) is 0 Å². The normalized spacial score (nSPS) is 10.9. The quantitative estimate of drug-likeness (QED) is 0.814. The second-order valence-electron chi connectivity index (χ2n) is 3.62. The monoisotopic (exact) mass is 308 g/mol. The highest BCUT2D eigenvalue weighted by Crippen LogP contribution is 2.21. The molecule has 0 amide bonds. The SMILES string of the molecule is COC(OC)c1ccnc(-c2ccc(Br)cc2)n1. The van der Waals surface area contributed by atoms with Gasteiger partial charge >= 0.3 is 0 Å². The highest BCUT2D eigenvalue weighted by Gasteiger charge is 2.12. The Balaban J connectivity index is 2.34. The van der Waals surface area contributed by atoms with E-state index >= 15 is 0 Å². The summed E-state index contributed by atoms with van der Waals surface area (Å²) in [5, 5.41) is 0. The number of benzene rings is 1. The molecule has 4 nitrogen and oxygen atoms in total. The largest absolute Gasteiger partial charge is 0.350 e. The number of nitrogens with zero attached hydrogens (tertiary/aromatic N) is 2. The van der Waals surface area contributed by atoms with Gasteiger partial charge in [0.2, 0.25) is 6.29 Å². The Morgan fingerprint density at radius 3 is 2.33 bits per heavy atom. The van der Waals surface area contributed by atoms with Crippen LogP contribution in [-0.4, -0.2) is 24.2 Å². The fourth-order valence-electron chi connectivity index (χ4n) is 1.58. The van der Waals surface area contributed by atoms with E-state index in [1.165, 1.54) is 0 Å². The van der Waals surface area contributed by atoms with Crippen molar-refractivity contribution in [3.05, 3.63) is 46.7 Å². The first-order valence-corrected chi connectivity index (χ1v) is 6.18. The predicted octanol–water partition coefficient (Wildman–Crippen LogP) is 3.20. The summed E-state index contributed by atoms with van der Waals surface area (Å²) in [6.07, 6.45) is 1.23. The van der Waals surface area contributed by atoms with Crippen LogP contribution in [0.5, 0.6) is 0 Å². The molecule has 0 saturated carbocycles. The smallest absolute Gasteiger partial charge is 0.200 e. The van der Waals surface area contributed by atoms with E-state index in [-0.39, 0.29) is 0 Å². The van der Waals surface area contributed by atoms with Gasteiger partial charge in [-0.15, -0.1) is 0 Å². The van der Waals surface area contributed by atoms with Crippen LogP contribution in [0.15, 0.2) is 41.0 Å². The van der Waals surface area contributed by atoms with Crippen LogP contribution in [0.4, 0.5) is 0 Å². The second-order valence-corrected chi connectivity index (χ2v) is 4.53. The first-order chi connectivity index (χ1) is 8.74. The third-order valence-electron chi connectivity index (χ3n) is 2.45. The molecule has 94 valence electrons. The first-order valence-electron chi connectivity index (χ1n) is 5.39. The Bertz CT molecular complexity index is 513. The maximum atomic E-state index is 5.18. The summed E-state index contributed by atoms with van der Waals surface area (Å²) in [5.41, 5.74) is 1.65. The number of aromatic nitrogens is 2. The lowest BCUT2D eigenvalue weighted by Crippen LogP contribution is -2.07. The van der Waals surface area contributed by atoms with Gasteiger partial charge in [-0.2, -0.15) is 0 Å². The Morgan fingerprint density at radius 1 is 1.06 bits per heavy atom. The highest BCUT2D eigenvalue weighted by atomic mass is 79.9. The zero-order valence-electron chi connectivity index (χ0n) is 10.1. The fraction of sp³-hybridized carbons (Fsp3) is 0.231. The molecular formula is C13H13BrN2O2. The van der Waals surface area contributed by atoms with E-state index in [9.17, 15) is 0 Å². The van der Waals surface area contributed by atoms with Crippen LogP contribution >= 0.6 is 15.9 Å². The first kappa shape index (κ1) is 13.1. The van der Waals surface area contributed by atoms with Crippen molar-refractivity contribution >= 4 is 15.9 Å². The molecule has 0 aliphatic heterocycles. The molecule has 0 aliphatic carbocycles. The van der Waals surface area contributed by atoms with Crippen LogP contribution in [0.2, 0.25) is 0 Å². The lowest BCUT2D eigenvalue weighted by atomic mass is 10.2. The van der Waals surface area contributed by atoms with E-state index in [1.54, 1.807) is 26.5 Å². The van der Waals surface area contributed by atoms with E-state index in [1.807, 2.05) is 24.3 Å². The third kappa shape index (κ3) is 2.93. The Kier molecular flexibility index (Phi) is 4.41. The number of methoxy groups -OCH3 is 2. The summed E-state index contributed by atoms with van der Waals surface area (Å²) in [6, 6.07) is 9.60. The predicted molar refractivity (Wildman–Crippen MR) is 71.9 cm³/mol. The van der Waals surface area contributed by atoms with Gasteiger partial charge in [-0.05, 0) is 18.2 Å². The van der Waals surface area contributed by atoms with Crippen molar-refractivity contribution < 1.29 is 9.47 Å². The van der Waals surface area contributed by atoms with Crippen molar-refractivity contribution in [2.24, 2.45) is 0 Å². The average Bonchev–Trinajstić information content (AvgIpc) is 2.41. The molecule has 0 unspecified atom stereocenters. The average molecular weight is 309 g/mol. The summed E-state index contributed by atoms with van der Waals surface area (Å²) in [7, 11) is 3.16. The minimum Gasteiger partial charge on any atom is -0.350 e. The van der Waals surface area contributed by atoms with Crippen molar-refractivity contribution in [3.63, 3.8) is 0 Å². The van der Waals surface area contributed by atoms with Gasteiger partial charge in [0.15, 0.2) is 5.82 Å². The van der Waals surface area contributed by atoms with E-state index < -0.39 is 6.29 Å². The van der Waals surface area contributed by atoms with Gasteiger partial charge in [0.1, 0.15) is 5.69 Å². The van der Waals surface area contributed by atoms with Crippen molar-refractivity contribution in [2.75, 3.05) is 14.2 Å². The van der Waals surface area contributed by atoms with Crippen LogP contribution in [0.25, 0.3) is 11.4 Å². The van der Waals surface area contributed by atoms with Crippen LogP contribution in [0.3, 0.4) is 0 Å². The summed E-state index contributed by atoms with van der Waals surface area (Å²) >= 11 is 3.40. The molecule has 0 atom stereocenters. The molecule has 0 aliphatic rings. The summed E-state index contributed by atoms with van der Waals surface area (Å²) in [5.74, 6) is 0.652. The molecule has 0 N–H and O–H groups in total. The lowest BCUT2D eigenvalue weighted by Gasteiger charge is -2.13. The fourth-order valence-corrected chi connectivity index (χ4v) is 1.84. The molecule has 2 aromatic rings. The maximum absolute atomic E-state index is 5.18. The van der Waals surface area contributed by atoms with Crippen molar-refractivity contribution in [1.82, 2.24) is 9.97 Å². The summed E-state index contributed by atoms with van der Waals surface area (Å²) < 4.78 is 11.4. The minimum absolute atomic E-state index is 0.470. The molecular weight excluding hydrogens is 296 g/mol. The number of hydrogen-bond acceptors (Lipinski definition) is 4. The van der Waals surface area contributed by atoms with Crippen molar-refractivity contribution in [1.29, 1.82) is 0 Å². The van der Waals surface area contributed by atoms with Crippen LogP contribution in [0.1, 0.15) is 12.0 Å². The van der Waals surface area contributed by atoms with Gasteiger partial charge in [0, 0.05) is 30.5 Å². The van der Waals surface area contributed by atoms with Crippen LogP contribution in [0, 0.1) is 0 Å². The van der Waals surface area contributed by atoms with E-state index in [0.29, 0.717) is 11.5 Å². The maximum Gasteiger partial charge on any atom is 0.200 e. The van der Waals surface area contributed by atoms with Crippen LogP contribution in [-0.2, 0) is 9.47 Å². The lowest BCUT2D eigenvalue weighted by molar-refractivity contribution is -0.108. The van der Waals surface area contributed by atoms with Crippen LogP contribution < -0.4 is 0 Å². The number of halogens is 1. The van der Waals surface area contributed by atoms with Crippen molar-refractivity contribution in [3.8, 4) is 11.4 Å². The molecule has 0 saturated heterocycles. The molecule has 0 fully saturated rings. The second kappa shape index (κ2) is 6.04. The summed E-state index contributed by atoms with van der Waals surface area (Å²) in [6.45, 7) is 0. The van der Waals surface area contributed by atoms with Crippen molar-refractivity contribution in [2.45, 2.75) is 6.29 Å². The number of rotatable bonds is 4. The highest BCUT2D eigenvalue weighted by molar-refractivity contribution is 9.10. The molecule has 1 aromatic carbocycles. The van der Waals surface area contributed by atoms with Gasteiger partial charge in [-0.1, -0.05) is 28.1 Å². The molecule has 0 bridgehead atoms. The Labute approximate surface area is 114 Å². The van der Waals surface area contributed by atoms with E-state index in [4.69, 9.17) is 9.47 Å². The molecule has 1 aromatic heterocycles. The zero-order chi connectivity index (χ0) is 13.0. The Morgan fingerprint density at radius 2 is 1.72 bits per heavy atom. The minimum atomic E-state index is -0.470. The topological polar surface area (TPSA) is 44.2 Å². The number of hydrogen-bond donors (Lipinski definition) is 0. The zero-order valence-corrected chi connectivity index (χ0v) is 11.7. The van der Waals surface area contributed by atoms with Gasteiger partial charge < -0.3 is 9.47 Å².